The normalized spacial score (nSPS) is 19.5. The lowest BCUT2D eigenvalue weighted by Gasteiger charge is -2.36. The molecule has 0 aliphatic carbocycles. The minimum atomic E-state index is -0.760. The maximum atomic E-state index is 13.4. The maximum Gasteiger partial charge on any atom is 0.409 e. The van der Waals surface area contributed by atoms with Gasteiger partial charge in [-0.3, -0.25) is 4.90 Å². The average Bonchev–Trinajstić information content (AvgIpc) is 2.74. The first-order valence-electron chi connectivity index (χ1n) is 10.3. The van der Waals surface area contributed by atoms with E-state index in [9.17, 15) is 18.8 Å². The second-order valence-electron chi connectivity index (χ2n) is 7.16. The summed E-state index contributed by atoms with van der Waals surface area (Å²) in [5.74, 6) is -0.963. The van der Waals surface area contributed by atoms with Crippen LogP contribution in [0, 0.1) is 5.82 Å². The maximum absolute atomic E-state index is 13.4. The minimum absolute atomic E-state index is 0.178. The number of hydrogen-bond donors (Lipinski definition) is 2. The van der Waals surface area contributed by atoms with Crippen LogP contribution >= 0.6 is 0 Å². The molecule has 31 heavy (non-hydrogen) atoms. The van der Waals surface area contributed by atoms with E-state index in [1.54, 1.807) is 18.7 Å². The van der Waals surface area contributed by atoms with Crippen LogP contribution in [0.4, 0.5) is 14.0 Å². The number of amides is 3. The first-order valence-corrected chi connectivity index (χ1v) is 10.3. The SMILES string of the molecule is CCOC(=O)C1=C(CN2CCN(C(=O)OCC)CC2)NC(=O)N[C@@H]1c1ccc(F)cc1. The lowest BCUT2D eigenvalue weighted by atomic mass is 9.95. The lowest BCUT2D eigenvalue weighted by molar-refractivity contribution is -0.139. The van der Waals surface area contributed by atoms with Gasteiger partial charge in [0.2, 0.25) is 0 Å². The van der Waals surface area contributed by atoms with Gasteiger partial charge < -0.3 is 25.0 Å². The van der Waals surface area contributed by atoms with Crippen molar-refractivity contribution in [2.45, 2.75) is 19.9 Å². The zero-order valence-corrected chi connectivity index (χ0v) is 17.7. The fourth-order valence-corrected chi connectivity index (χ4v) is 3.62. The number of piperazine rings is 1. The Kier molecular flexibility index (Phi) is 7.45. The molecule has 10 heteroatoms. The molecule has 1 aromatic rings. The van der Waals surface area contributed by atoms with Crippen LogP contribution in [0.25, 0.3) is 0 Å². The molecule has 0 spiro atoms. The number of ether oxygens (including phenoxy) is 2. The van der Waals surface area contributed by atoms with E-state index in [1.165, 1.54) is 24.3 Å². The van der Waals surface area contributed by atoms with Crippen LogP contribution in [0.5, 0.6) is 0 Å². The van der Waals surface area contributed by atoms with Crippen molar-refractivity contribution in [1.82, 2.24) is 20.4 Å². The molecule has 0 saturated carbocycles. The van der Waals surface area contributed by atoms with Gasteiger partial charge in [-0.1, -0.05) is 12.1 Å². The van der Waals surface area contributed by atoms with Crippen molar-refractivity contribution >= 4 is 18.1 Å². The Morgan fingerprint density at radius 3 is 2.32 bits per heavy atom. The van der Waals surface area contributed by atoms with E-state index in [-0.39, 0.29) is 18.3 Å². The zero-order chi connectivity index (χ0) is 22.4. The fraction of sp³-hybridized carbons (Fsp3) is 0.476. The largest absolute Gasteiger partial charge is 0.463 e. The Morgan fingerprint density at radius 1 is 1.06 bits per heavy atom. The van der Waals surface area contributed by atoms with Gasteiger partial charge in [-0.15, -0.1) is 0 Å². The third-order valence-corrected chi connectivity index (χ3v) is 5.13. The molecular weight excluding hydrogens is 407 g/mol. The summed E-state index contributed by atoms with van der Waals surface area (Å²) in [5, 5.41) is 5.45. The second-order valence-corrected chi connectivity index (χ2v) is 7.16. The fourth-order valence-electron chi connectivity index (χ4n) is 3.62. The topological polar surface area (TPSA) is 100 Å². The number of nitrogens with zero attached hydrogens (tertiary/aromatic N) is 2. The molecule has 2 aliphatic heterocycles. The molecule has 168 valence electrons. The monoisotopic (exact) mass is 434 g/mol. The highest BCUT2D eigenvalue weighted by atomic mass is 19.1. The number of halogens is 1. The summed E-state index contributed by atoms with van der Waals surface area (Å²) < 4.78 is 23.7. The van der Waals surface area contributed by atoms with Gasteiger partial charge in [0.15, 0.2) is 0 Å². The first-order chi connectivity index (χ1) is 14.9. The van der Waals surface area contributed by atoms with Crippen molar-refractivity contribution in [3.8, 4) is 0 Å². The standard InChI is InChI=1S/C21H27FN4O5/c1-3-30-19(27)17-16(13-25-9-11-26(12-10-25)21(29)31-4-2)23-20(28)24-18(17)14-5-7-15(22)8-6-14/h5-8,18H,3-4,9-13H2,1-2H3,(H2,23,24,28)/t18-/m1/s1. The molecule has 1 fully saturated rings. The predicted molar refractivity (Wildman–Crippen MR) is 110 cm³/mol. The number of nitrogens with one attached hydrogen (secondary N) is 2. The van der Waals surface area contributed by atoms with Crippen molar-refractivity contribution in [2.75, 3.05) is 45.9 Å². The smallest absolute Gasteiger partial charge is 0.409 e. The van der Waals surface area contributed by atoms with Gasteiger partial charge in [-0.25, -0.2) is 18.8 Å². The Hall–Kier alpha value is -3.14. The number of carbonyl (C=O) groups is 3. The van der Waals surface area contributed by atoms with Crippen molar-refractivity contribution in [3.63, 3.8) is 0 Å². The predicted octanol–water partition coefficient (Wildman–Crippen LogP) is 1.77. The highest BCUT2D eigenvalue weighted by Gasteiger charge is 2.35. The highest BCUT2D eigenvalue weighted by molar-refractivity contribution is 5.95. The van der Waals surface area contributed by atoms with Crippen molar-refractivity contribution in [3.05, 3.63) is 46.9 Å². The third-order valence-electron chi connectivity index (χ3n) is 5.13. The van der Waals surface area contributed by atoms with Crippen LogP contribution in [-0.2, 0) is 14.3 Å². The molecule has 0 radical (unpaired) electrons. The second kappa shape index (κ2) is 10.3. The van der Waals surface area contributed by atoms with Gasteiger partial charge in [0.1, 0.15) is 5.82 Å². The molecule has 3 amide bonds. The van der Waals surface area contributed by atoms with Crippen LogP contribution in [0.3, 0.4) is 0 Å². The van der Waals surface area contributed by atoms with E-state index in [0.717, 1.165) is 0 Å². The Labute approximate surface area is 180 Å². The van der Waals surface area contributed by atoms with E-state index in [2.05, 4.69) is 10.6 Å². The summed E-state index contributed by atoms with van der Waals surface area (Å²) in [4.78, 5) is 40.7. The number of rotatable bonds is 6. The Balaban J connectivity index is 1.82. The molecule has 0 bridgehead atoms. The van der Waals surface area contributed by atoms with Crippen LogP contribution in [0.15, 0.2) is 35.5 Å². The summed E-state index contributed by atoms with van der Waals surface area (Å²) >= 11 is 0. The first kappa shape index (κ1) is 22.5. The van der Waals surface area contributed by atoms with Crippen molar-refractivity contribution < 1.29 is 28.2 Å². The molecular formula is C21H27FN4O5. The summed E-state index contributed by atoms with van der Waals surface area (Å²) in [7, 11) is 0. The molecule has 1 saturated heterocycles. The third kappa shape index (κ3) is 5.52. The summed E-state index contributed by atoms with van der Waals surface area (Å²) in [6.45, 7) is 6.34. The van der Waals surface area contributed by atoms with E-state index in [4.69, 9.17) is 9.47 Å². The molecule has 9 nitrogen and oxygen atoms in total. The molecule has 0 unspecified atom stereocenters. The highest BCUT2D eigenvalue weighted by Crippen LogP contribution is 2.28. The Morgan fingerprint density at radius 2 is 1.71 bits per heavy atom. The van der Waals surface area contributed by atoms with Crippen molar-refractivity contribution in [2.24, 2.45) is 0 Å². The van der Waals surface area contributed by atoms with Gasteiger partial charge in [0.25, 0.3) is 0 Å². The molecule has 1 atom stereocenters. The number of carbonyl (C=O) groups excluding carboxylic acids is 3. The number of benzene rings is 1. The molecule has 2 N–H and O–H groups in total. The molecule has 2 heterocycles. The summed E-state index contributed by atoms with van der Waals surface area (Å²) in [6.07, 6.45) is -0.347. The van der Waals surface area contributed by atoms with Gasteiger partial charge >= 0.3 is 18.1 Å². The van der Waals surface area contributed by atoms with Crippen LogP contribution in [0.1, 0.15) is 25.5 Å². The lowest BCUT2D eigenvalue weighted by Crippen LogP contribution is -2.52. The molecule has 2 aliphatic rings. The van der Waals surface area contributed by atoms with Gasteiger partial charge in [0, 0.05) is 38.4 Å². The van der Waals surface area contributed by atoms with Crippen LogP contribution < -0.4 is 10.6 Å². The molecule has 3 rings (SSSR count). The van der Waals surface area contributed by atoms with Gasteiger partial charge in [0.05, 0.1) is 24.8 Å². The number of esters is 1. The van der Waals surface area contributed by atoms with Crippen molar-refractivity contribution in [1.29, 1.82) is 0 Å². The van der Waals surface area contributed by atoms with E-state index in [1.807, 2.05) is 4.90 Å². The summed E-state index contributed by atoms with van der Waals surface area (Å²) in [6, 6.07) is 4.40. The average molecular weight is 434 g/mol. The van der Waals surface area contributed by atoms with Crippen LogP contribution in [0.2, 0.25) is 0 Å². The van der Waals surface area contributed by atoms with Gasteiger partial charge in [-0.2, -0.15) is 0 Å². The van der Waals surface area contributed by atoms with E-state index < -0.39 is 23.9 Å². The zero-order valence-electron chi connectivity index (χ0n) is 17.7. The summed E-state index contributed by atoms with van der Waals surface area (Å²) in [5.41, 5.74) is 1.28. The van der Waals surface area contributed by atoms with E-state index >= 15 is 0 Å². The quantitative estimate of drug-likeness (QED) is 0.662. The van der Waals surface area contributed by atoms with Gasteiger partial charge in [-0.05, 0) is 31.5 Å². The molecule has 0 aromatic heterocycles. The molecule has 1 aromatic carbocycles. The minimum Gasteiger partial charge on any atom is -0.463 e. The number of hydrogen-bond acceptors (Lipinski definition) is 6. The number of urea groups is 1. The van der Waals surface area contributed by atoms with Crippen LogP contribution in [-0.4, -0.2) is 73.8 Å². The Bertz CT molecular complexity index is 850. The van der Waals surface area contributed by atoms with E-state index in [0.29, 0.717) is 50.6 Å².